The monoisotopic (exact) mass is 361 g/mol. The van der Waals surface area contributed by atoms with Gasteiger partial charge in [0.15, 0.2) is 0 Å². The summed E-state index contributed by atoms with van der Waals surface area (Å²) >= 11 is 0. The first-order valence-electron chi connectivity index (χ1n) is 8.77. The normalized spacial score (nSPS) is 15.7. The second-order valence-corrected chi connectivity index (χ2v) is 6.53. The van der Waals surface area contributed by atoms with Gasteiger partial charge < -0.3 is 9.73 Å². The number of nitrogens with one attached hydrogen (secondary N) is 1. The lowest BCUT2D eigenvalue weighted by Gasteiger charge is -2.25. The minimum atomic E-state index is -0.438. The Hall–Kier alpha value is -3.41. The van der Waals surface area contributed by atoms with Crippen molar-refractivity contribution in [2.24, 2.45) is 0 Å². The van der Waals surface area contributed by atoms with Crippen molar-refractivity contribution in [1.29, 1.82) is 0 Å². The number of benzene rings is 1. The highest BCUT2D eigenvalue weighted by molar-refractivity contribution is 6.11. The Bertz CT molecular complexity index is 982. The molecule has 1 aromatic carbocycles. The highest BCUT2D eigenvalue weighted by atomic mass is 16.3. The van der Waals surface area contributed by atoms with Gasteiger partial charge in [0.1, 0.15) is 5.76 Å². The molecule has 0 saturated carbocycles. The number of nitrogens with zero attached hydrogens (tertiary/aromatic N) is 2. The third-order valence-electron chi connectivity index (χ3n) is 4.61. The van der Waals surface area contributed by atoms with Crippen LogP contribution in [-0.2, 0) is 11.3 Å². The minimum Gasteiger partial charge on any atom is -0.467 e. The summed E-state index contributed by atoms with van der Waals surface area (Å²) in [6, 6.07) is 14.3. The number of aromatic nitrogens is 1. The number of amides is 2. The maximum atomic E-state index is 13.0. The predicted octanol–water partition coefficient (Wildman–Crippen LogP) is 3.39. The SMILES string of the molecule is Cc1cccc(N2C(=O)c3cccnc3[C@H]2CC(=O)NCc2ccco2)c1. The molecule has 1 atom stereocenters. The first kappa shape index (κ1) is 17.0. The number of carbonyl (C=O) groups excluding carboxylic acids is 2. The lowest BCUT2D eigenvalue weighted by Crippen LogP contribution is -2.32. The first-order chi connectivity index (χ1) is 13.1. The molecule has 6 nitrogen and oxygen atoms in total. The van der Waals surface area contributed by atoms with Crippen molar-refractivity contribution in [2.45, 2.75) is 25.9 Å². The van der Waals surface area contributed by atoms with Crippen LogP contribution in [0, 0.1) is 6.92 Å². The topological polar surface area (TPSA) is 75.4 Å². The summed E-state index contributed by atoms with van der Waals surface area (Å²) < 4.78 is 5.24. The molecule has 6 heteroatoms. The van der Waals surface area contributed by atoms with E-state index in [9.17, 15) is 9.59 Å². The zero-order valence-electron chi connectivity index (χ0n) is 14.9. The highest BCUT2D eigenvalue weighted by Crippen LogP contribution is 2.38. The number of anilines is 1. The van der Waals surface area contributed by atoms with Crippen molar-refractivity contribution in [2.75, 3.05) is 4.90 Å². The molecule has 136 valence electrons. The van der Waals surface area contributed by atoms with Crippen molar-refractivity contribution in [3.8, 4) is 0 Å². The van der Waals surface area contributed by atoms with E-state index in [0.717, 1.165) is 11.3 Å². The first-order valence-corrected chi connectivity index (χ1v) is 8.77. The molecule has 0 fully saturated rings. The van der Waals surface area contributed by atoms with Crippen molar-refractivity contribution in [3.63, 3.8) is 0 Å². The molecule has 0 spiro atoms. The minimum absolute atomic E-state index is 0.129. The van der Waals surface area contributed by atoms with Crippen LogP contribution in [-0.4, -0.2) is 16.8 Å². The summed E-state index contributed by atoms with van der Waals surface area (Å²) in [4.78, 5) is 31.6. The number of rotatable bonds is 5. The van der Waals surface area contributed by atoms with E-state index in [2.05, 4.69) is 10.3 Å². The Morgan fingerprint density at radius 1 is 1.22 bits per heavy atom. The molecule has 1 aliphatic rings. The van der Waals surface area contributed by atoms with Crippen LogP contribution >= 0.6 is 0 Å². The molecule has 2 amide bonds. The molecule has 0 bridgehead atoms. The maximum Gasteiger partial charge on any atom is 0.260 e. The van der Waals surface area contributed by atoms with Gasteiger partial charge in [-0.2, -0.15) is 0 Å². The van der Waals surface area contributed by atoms with Crippen LogP contribution in [0.2, 0.25) is 0 Å². The van der Waals surface area contributed by atoms with Crippen LogP contribution in [0.5, 0.6) is 0 Å². The largest absolute Gasteiger partial charge is 0.467 e. The van der Waals surface area contributed by atoms with Gasteiger partial charge >= 0.3 is 0 Å². The zero-order chi connectivity index (χ0) is 18.8. The summed E-state index contributed by atoms with van der Waals surface area (Å²) in [7, 11) is 0. The van der Waals surface area contributed by atoms with E-state index < -0.39 is 6.04 Å². The quantitative estimate of drug-likeness (QED) is 0.756. The molecule has 0 radical (unpaired) electrons. The van der Waals surface area contributed by atoms with E-state index in [1.54, 1.807) is 41.6 Å². The number of hydrogen-bond donors (Lipinski definition) is 1. The van der Waals surface area contributed by atoms with Gasteiger partial charge in [-0.25, -0.2) is 0 Å². The van der Waals surface area contributed by atoms with Crippen LogP contribution in [0.4, 0.5) is 5.69 Å². The Morgan fingerprint density at radius 2 is 2.11 bits per heavy atom. The van der Waals surface area contributed by atoms with E-state index >= 15 is 0 Å². The Labute approximate surface area is 156 Å². The number of pyridine rings is 1. The van der Waals surface area contributed by atoms with Gasteiger partial charge in [0.2, 0.25) is 5.91 Å². The second kappa shape index (κ2) is 7.07. The summed E-state index contributed by atoms with van der Waals surface area (Å²) in [6.45, 7) is 2.28. The number of hydrogen-bond acceptors (Lipinski definition) is 4. The Kier molecular flexibility index (Phi) is 4.46. The molecule has 4 rings (SSSR count). The van der Waals surface area contributed by atoms with E-state index in [1.165, 1.54) is 0 Å². The zero-order valence-corrected chi connectivity index (χ0v) is 14.9. The number of fused-ring (bicyclic) bond motifs is 1. The van der Waals surface area contributed by atoms with E-state index in [0.29, 0.717) is 23.6 Å². The third-order valence-corrected chi connectivity index (χ3v) is 4.61. The molecule has 0 aliphatic carbocycles. The van der Waals surface area contributed by atoms with Crippen LogP contribution < -0.4 is 10.2 Å². The molecule has 3 aromatic rings. The van der Waals surface area contributed by atoms with Crippen LogP contribution in [0.3, 0.4) is 0 Å². The molecular formula is C21H19N3O3. The smallest absolute Gasteiger partial charge is 0.260 e. The number of aryl methyl sites for hydroxylation is 1. The van der Waals surface area contributed by atoms with Crippen molar-refractivity contribution < 1.29 is 14.0 Å². The molecule has 0 saturated heterocycles. The van der Waals surface area contributed by atoms with Gasteiger partial charge in [0.05, 0.1) is 36.5 Å². The maximum absolute atomic E-state index is 13.0. The molecule has 2 aromatic heterocycles. The fourth-order valence-corrected chi connectivity index (χ4v) is 3.37. The van der Waals surface area contributed by atoms with E-state index in [1.807, 2.05) is 31.2 Å². The number of furan rings is 1. The molecular weight excluding hydrogens is 342 g/mol. The van der Waals surface area contributed by atoms with Gasteiger partial charge in [-0.05, 0) is 48.9 Å². The van der Waals surface area contributed by atoms with Crippen molar-refractivity contribution in [1.82, 2.24) is 10.3 Å². The van der Waals surface area contributed by atoms with Crippen molar-refractivity contribution >= 4 is 17.5 Å². The summed E-state index contributed by atoms with van der Waals surface area (Å²) in [6.07, 6.45) is 3.35. The van der Waals surface area contributed by atoms with Crippen molar-refractivity contribution in [3.05, 3.63) is 83.6 Å². The molecule has 27 heavy (non-hydrogen) atoms. The summed E-state index contributed by atoms with van der Waals surface area (Å²) in [5, 5.41) is 2.84. The molecule has 3 heterocycles. The molecule has 1 aliphatic heterocycles. The fraction of sp³-hybridized carbons (Fsp3) is 0.190. The molecule has 1 N–H and O–H groups in total. The second-order valence-electron chi connectivity index (χ2n) is 6.53. The molecule has 0 unspecified atom stereocenters. The number of carbonyl (C=O) groups is 2. The summed E-state index contributed by atoms with van der Waals surface area (Å²) in [5.41, 5.74) is 2.99. The van der Waals surface area contributed by atoms with Gasteiger partial charge in [-0.1, -0.05) is 12.1 Å². The van der Waals surface area contributed by atoms with Crippen LogP contribution in [0.15, 0.2) is 65.4 Å². The van der Waals surface area contributed by atoms with E-state index in [-0.39, 0.29) is 18.2 Å². The van der Waals surface area contributed by atoms with Gasteiger partial charge in [0, 0.05) is 11.9 Å². The average Bonchev–Trinajstić information content (AvgIpc) is 3.28. The Balaban J connectivity index is 1.60. The lowest BCUT2D eigenvalue weighted by atomic mass is 10.1. The fourth-order valence-electron chi connectivity index (χ4n) is 3.37. The van der Waals surface area contributed by atoms with Gasteiger partial charge in [0.25, 0.3) is 5.91 Å². The Morgan fingerprint density at radius 3 is 2.89 bits per heavy atom. The average molecular weight is 361 g/mol. The summed E-state index contributed by atoms with van der Waals surface area (Å²) in [5.74, 6) is 0.382. The van der Waals surface area contributed by atoms with Crippen LogP contribution in [0.1, 0.15) is 39.8 Å². The third kappa shape index (κ3) is 3.33. The van der Waals surface area contributed by atoms with Gasteiger partial charge in [-0.15, -0.1) is 0 Å². The standard InChI is InChI=1S/C21H19N3O3/c1-14-5-2-6-15(11-14)24-18(20-17(21(24)26)8-3-9-22-20)12-19(25)23-13-16-7-4-10-27-16/h2-11,18H,12-13H2,1H3,(H,23,25)/t18-/m1/s1. The van der Waals surface area contributed by atoms with Crippen LogP contribution in [0.25, 0.3) is 0 Å². The van der Waals surface area contributed by atoms with E-state index in [4.69, 9.17) is 4.42 Å². The predicted molar refractivity (Wildman–Crippen MR) is 100 cm³/mol. The lowest BCUT2D eigenvalue weighted by molar-refractivity contribution is -0.121. The van der Waals surface area contributed by atoms with Gasteiger partial charge in [-0.3, -0.25) is 19.5 Å². The highest BCUT2D eigenvalue weighted by Gasteiger charge is 2.39.